The van der Waals surface area contributed by atoms with E-state index in [9.17, 15) is 14.7 Å². The SMILES string of the molecule is O=C1S/C(=C\c2cc(Br)cc(I)c2O)C(=O)N1CCc1ccccc1. The summed E-state index contributed by atoms with van der Waals surface area (Å²) in [4.78, 5) is 26.3. The number of rotatable bonds is 4. The number of phenolic OH excluding ortho intramolecular Hbond substituents is 1. The van der Waals surface area contributed by atoms with Crippen molar-refractivity contribution in [3.63, 3.8) is 0 Å². The first-order chi connectivity index (χ1) is 12.0. The molecule has 0 aliphatic carbocycles. The molecule has 0 aromatic heterocycles. The summed E-state index contributed by atoms with van der Waals surface area (Å²) in [5, 5.41) is 9.88. The molecule has 1 aliphatic heterocycles. The summed E-state index contributed by atoms with van der Waals surface area (Å²) in [6, 6.07) is 13.2. The summed E-state index contributed by atoms with van der Waals surface area (Å²) in [6.07, 6.45) is 2.18. The second kappa shape index (κ2) is 7.92. The minimum atomic E-state index is -0.319. The molecule has 2 amide bonds. The van der Waals surface area contributed by atoms with E-state index in [2.05, 4.69) is 15.9 Å². The van der Waals surface area contributed by atoms with Crippen LogP contribution in [0.25, 0.3) is 6.08 Å². The van der Waals surface area contributed by atoms with Crippen LogP contribution < -0.4 is 0 Å². The Morgan fingerprint density at radius 1 is 1.20 bits per heavy atom. The number of aromatic hydroxyl groups is 1. The largest absolute Gasteiger partial charge is 0.506 e. The summed E-state index contributed by atoms with van der Waals surface area (Å²) in [5.41, 5.74) is 1.58. The van der Waals surface area contributed by atoms with Gasteiger partial charge in [-0.1, -0.05) is 46.3 Å². The number of hydrogen-bond donors (Lipinski definition) is 1. The van der Waals surface area contributed by atoms with E-state index in [4.69, 9.17) is 0 Å². The van der Waals surface area contributed by atoms with E-state index in [0.717, 1.165) is 21.8 Å². The summed E-state index contributed by atoms with van der Waals surface area (Å²) in [7, 11) is 0. The summed E-state index contributed by atoms with van der Waals surface area (Å²) in [5.74, 6) is -0.222. The van der Waals surface area contributed by atoms with E-state index in [-0.39, 0.29) is 16.9 Å². The van der Waals surface area contributed by atoms with E-state index >= 15 is 0 Å². The van der Waals surface area contributed by atoms with Crippen molar-refractivity contribution >= 4 is 67.5 Å². The molecule has 2 aromatic rings. The minimum absolute atomic E-state index is 0.0971. The zero-order valence-electron chi connectivity index (χ0n) is 12.9. The molecular weight excluding hydrogens is 517 g/mol. The van der Waals surface area contributed by atoms with Crippen LogP contribution in [-0.2, 0) is 11.2 Å². The molecule has 1 heterocycles. The standard InChI is InChI=1S/C18H13BrINO3S/c19-13-8-12(16(22)14(20)10-13)9-15-17(23)21(18(24)25-15)7-6-11-4-2-1-3-5-11/h1-5,8-10,22H,6-7H2/b15-9-. The molecule has 0 unspecified atom stereocenters. The number of benzene rings is 2. The maximum Gasteiger partial charge on any atom is 0.293 e. The zero-order valence-corrected chi connectivity index (χ0v) is 17.5. The van der Waals surface area contributed by atoms with Crippen LogP contribution in [0.3, 0.4) is 0 Å². The Labute approximate surface area is 171 Å². The van der Waals surface area contributed by atoms with Gasteiger partial charge in [-0.05, 0) is 64.5 Å². The van der Waals surface area contributed by atoms with Crippen LogP contribution >= 0.6 is 50.3 Å². The Hall–Kier alpha value is -1.32. The van der Waals surface area contributed by atoms with Crippen LogP contribution in [0.5, 0.6) is 5.75 Å². The Bertz CT molecular complexity index is 870. The molecule has 25 heavy (non-hydrogen) atoms. The summed E-state index contributed by atoms with van der Waals surface area (Å²) >= 11 is 6.29. The van der Waals surface area contributed by atoms with Crippen LogP contribution in [0.1, 0.15) is 11.1 Å². The Morgan fingerprint density at radius 2 is 1.92 bits per heavy atom. The highest BCUT2D eigenvalue weighted by molar-refractivity contribution is 14.1. The van der Waals surface area contributed by atoms with Gasteiger partial charge in [0.25, 0.3) is 11.1 Å². The van der Waals surface area contributed by atoms with Crippen LogP contribution in [0.4, 0.5) is 4.79 Å². The lowest BCUT2D eigenvalue weighted by Gasteiger charge is -2.12. The van der Waals surface area contributed by atoms with Crippen molar-refractivity contribution in [2.75, 3.05) is 6.54 Å². The van der Waals surface area contributed by atoms with Crippen LogP contribution in [0.15, 0.2) is 51.8 Å². The van der Waals surface area contributed by atoms with Gasteiger partial charge in [0.05, 0.1) is 8.48 Å². The van der Waals surface area contributed by atoms with Crippen LogP contribution in [0, 0.1) is 3.57 Å². The number of amides is 2. The predicted molar refractivity (Wildman–Crippen MR) is 111 cm³/mol. The molecule has 0 atom stereocenters. The van der Waals surface area contributed by atoms with Gasteiger partial charge in [-0.2, -0.15) is 0 Å². The van der Waals surface area contributed by atoms with E-state index in [1.807, 2.05) is 52.9 Å². The third-order valence-electron chi connectivity index (χ3n) is 3.68. The van der Waals surface area contributed by atoms with Crippen LogP contribution in [0.2, 0.25) is 0 Å². The number of carbonyl (C=O) groups excluding carboxylic acids is 2. The van der Waals surface area contributed by atoms with Gasteiger partial charge in [0.15, 0.2) is 0 Å². The second-order valence-electron chi connectivity index (χ2n) is 5.39. The maximum atomic E-state index is 12.5. The van der Waals surface area contributed by atoms with Crippen molar-refractivity contribution < 1.29 is 14.7 Å². The van der Waals surface area contributed by atoms with Crippen molar-refractivity contribution in [2.24, 2.45) is 0 Å². The maximum absolute atomic E-state index is 12.5. The lowest BCUT2D eigenvalue weighted by Crippen LogP contribution is -2.30. The fraction of sp³-hybridized carbons (Fsp3) is 0.111. The fourth-order valence-corrected chi connectivity index (χ4v) is 4.82. The molecule has 2 aromatic carbocycles. The molecule has 1 saturated heterocycles. The number of phenols is 1. The topological polar surface area (TPSA) is 57.6 Å². The average Bonchev–Trinajstić information content (AvgIpc) is 2.85. The molecule has 1 aliphatic rings. The van der Waals surface area contributed by atoms with E-state index < -0.39 is 0 Å². The van der Waals surface area contributed by atoms with Crippen molar-refractivity contribution in [1.29, 1.82) is 0 Å². The average molecular weight is 530 g/mol. The number of hydrogen-bond acceptors (Lipinski definition) is 4. The quantitative estimate of drug-likeness (QED) is 0.445. The highest BCUT2D eigenvalue weighted by Gasteiger charge is 2.34. The van der Waals surface area contributed by atoms with E-state index in [1.54, 1.807) is 18.2 Å². The fourth-order valence-electron chi connectivity index (χ4n) is 2.42. The predicted octanol–water partition coefficient (Wildman–Crippen LogP) is 5.04. The number of halogens is 2. The summed E-state index contributed by atoms with van der Waals surface area (Å²) < 4.78 is 1.46. The third-order valence-corrected chi connectivity index (χ3v) is 5.87. The van der Waals surface area contributed by atoms with Gasteiger partial charge in [0.2, 0.25) is 0 Å². The van der Waals surface area contributed by atoms with Crippen molar-refractivity contribution in [3.8, 4) is 5.75 Å². The van der Waals surface area contributed by atoms with E-state index in [1.165, 1.54) is 4.90 Å². The second-order valence-corrected chi connectivity index (χ2v) is 8.47. The van der Waals surface area contributed by atoms with Crippen LogP contribution in [-0.4, -0.2) is 27.7 Å². The first-order valence-corrected chi connectivity index (χ1v) is 10.1. The van der Waals surface area contributed by atoms with E-state index in [0.29, 0.717) is 27.0 Å². The molecule has 4 nitrogen and oxygen atoms in total. The molecule has 7 heteroatoms. The van der Waals surface area contributed by atoms with Crippen molar-refractivity contribution in [2.45, 2.75) is 6.42 Å². The van der Waals surface area contributed by atoms with Gasteiger partial charge in [0, 0.05) is 16.6 Å². The van der Waals surface area contributed by atoms with Gasteiger partial charge in [-0.3, -0.25) is 14.5 Å². The molecule has 3 rings (SSSR count). The highest BCUT2D eigenvalue weighted by Crippen LogP contribution is 2.36. The Kier molecular flexibility index (Phi) is 5.85. The molecular formula is C18H13BrINO3S. The molecule has 0 saturated carbocycles. The third kappa shape index (κ3) is 4.27. The normalized spacial score (nSPS) is 16.1. The van der Waals surface area contributed by atoms with Gasteiger partial charge < -0.3 is 5.11 Å². The number of carbonyl (C=O) groups is 2. The Balaban J connectivity index is 1.79. The van der Waals surface area contributed by atoms with Gasteiger partial charge in [-0.25, -0.2) is 0 Å². The summed E-state index contributed by atoms with van der Waals surface area (Å²) in [6.45, 7) is 0.341. The zero-order chi connectivity index (χ0) is 18.0. The molecule has 1 N–H and O–H groups in total. The minimum Gasteiger partial charge on any atom is -0.506 e. The highest BCUT2D eigenvalue weighted by atomic mass is 127. The smallest absolute Gasteiger partial charge is 0.293 e. The van der Waals surface area contributed by atoms with Crippen molar-refractivity contribution in [3.05, 3.63) is 66.5 Å². The number of nitrogens with zero attached hydrogens (tertiary/aromatic N) is 1. The number of thioether (sulfide) groups is 1. The molecule has 128 valence electrons. The molecule has 0 bridgehead atoms. The first kappa shape index (κ1) is 18.5. The first-order valence-electron chi connectivity index (χ1n) is 7.43. The lowest BCUT2D eigenvalue weighted by molar-refractivity contribution is -0.122. The molecule has 1 fully saturated rings. The lowest BCUT2D eigenvalue weighted by atomic mass is 10.1. The van der Waals surface area contributed by atoms with Gasteiger partial charge in [-0.15, -0.1) is 0 Å². The monoisotopic (exact) mass is 529 g/mol. The number of imide groups is 1. The molecule has 0 spiro atoms. The Morgan fingerprint density at radius 3 is 2.64 bits per heavy atom. The van der Waals surface area contributed by atoms with Crippen molar-refractivity contribution in [1.82, 2.24) is 4.90 Å². The van der Waals surface area contributed by atoms with Gasteiger partial charge in [0.1, 0.15) is 5.75 Å². The molecule has 0 radical (unpaired) electrons. The van der Waals surface area contributed by atoms with Gasteiger partial charge >= 0.3 is 0 Å².